The quantitative estimate of drug-likeness (QED) is 0.681. The van der Waals surface area contributed by atoms with Crippen molar-refractivity contribution in [2.75, 3.05) is 7.11 Å². The Bertz CT molecular complexity index is 311. The fourth-order valence-corrected chi connectivity index (χ4v) is 1.91. The Morgan fingerprint density at radius 3 is 2.72 bits per heavy atom. The van der Waals surface area contributed by atoms with E-state index in [2.05, 4.69) is 30.2 Å². The van der Waals surface area contributed by atoms with Gasteiger partial charge in [0.2, 0.25) is 5.88 Å². The van der Waals surface area contributed by atoms with Crippen molar-refractivity contribution >= 4 is 0 Å². The summed E-state index contributed by atoms with van der Waals surface area (Å²) in [7, 11) is 1.64. The maximum atomic E-state index is 5.04. The molecule has 0 radical (unpaired) electrons. The average Bonchev–Trinajstić information content (AvgIpc) is 2.42. The summed E-state index contributed by atoms with van der Waals surface area (Å²) in [5.74, 6) is 0.673. The van der Waals surface area contributed by atoms with Crippen LogP contribution in [0.3, 0.4) is 0 Å². The van der Waals surface area contributed by atoms with Crippen LogP contribution in [0.15, 0.2) is 18.3 Å². The summed E-state index contributed by atoms with van der Waals surface area (Å²) in [4.78, 5) is 4.20. The van der Waals surface area contributed by atoms with E-state index in [0.29, 0.717) is 11.9 Å². The second-order valence-electron chi connectivity index (χ2n) is 4.84. The molecule has 0 aliphatic rings. The largest absolute Gasteiger partial charge is 0.481 e. The van der Waals surface area contributed by atoms with E-state index in [1.807, 2.05) is 12.3 Å². The Balaban J connectivity index is 2.18. The summed E-state index contributed by atoms with van der Waals surface area (Å²) >= 11 is 0. The molecule has 1 aromatic heterocycles. The van der Waals surface area contributed by atoms with Crippen molar-refractivity contribution in [3.05, 3.63) is 23.9 Å². The van der Waals surface area contributed by atoms with Gasteiger partial charge in [0, 0.05) is 24.8 Å². The predicted molar refractivity (Wildman–Crippen MR) is 75.8 cm³/mol. The molecule has 102 valence electrons. The van der Waals surface area contributed by atoms with Gasteiger partial charge in [-0.15, -0.1) is 0 Å². The monoisotopic (exact) mass is 250 g/mol. The Hall–Kier alpha value is -1.09. The third-order valence-corrected chi connectivity index (χ3v) is 3.15. The lowest BCUT2D eigenvalue weighted by atomic mass is 10.1. The molecule has 3 heteroatoms. The van der Waals surface area contributed by atoms with Crippen LogP contribution >= 0.6 is 0 Å². The number of hydrogen-bond acceptors (Lipinski definition) is 3. The highest BCUT2D eigenvalue weighted by Crippen LogP contribution is 2.08. The van der Waals surface area contributed by atoms with Gasteiger partial charge in [0.05, 0.1) is 7.11 Å². The van der Waals surface area contributed by atoms with E-state index < -0.39 is 0 Å². The summed E-state index contributed by atoms with van der Waals surface area (Å²) in [6, 6.07) is 4.54. The fourth-order valence-electron chi connectivity index (χ4n) is 1.91. The van der Waals surface area contributed by atoms with Crippen molar-refractivity contribution in [1.29, 1.82) is 0 Å². The van der Waals surface area contributed by atoms with Crippen LogP contribution in [0.5, 0.6) is 5.88 Å². The van der Waals surface area contributed by atoms with E-state index in [-0.39, 0.29) is 0 Å². The summed E-state index contributed by atoms with van der Waals surface area (Å²) in [5.41, 5.74) is 1.20. The van der Waals surface area contributed by atoms with Crippen LogP contribution in [0.4, 0.5) is 0 Å². The highest BCUT2D eigenvalue weighted by Gasteiger charge is 2.02. The number of hydrogen-bond donors (Lipinski definition) is 1. The van der Waals surface area contributed by atoms with E-state index >= 15 is 0 Å². The molecule has 0 aliphatic heterocycles. The fraction of sp³-hybridized carbons (Fsp3) is 0.667. The molecule has 0 bridgehead atoms. The molecular weight excluding hydrogens is 224 g/mol. The van der Waals surface area contributed by atoms with Gasteiger partial charge in [0.25, 0.3) is 0 Å². The van der Waals surface area contributed by atoms with Crippen molar-refractivity contribution in [2.45, 2.75) is 58.5 Å². The maximum Gasteiger partial charge on any atom is 0.212 e. The maximum absolute atomic E-state index is 5.04. The van der Waals surface area contributed by atoms with Crippen LogP contribution < -0.4 is 10.1 Å². The molecule has 1 unspecified atom stereocenters. The predicted octanol–water partition coefficient (Wildman–Crippen LogP) is 3.54. The van der Waals surface area contributed by atoms with Gasteiger partial charge in [-0.3, -0.25) is 0 Å². The molecule has 0 aliphatic carbocycles. The molecule has 0 saturated heterocycles. The lowest BCUT2D eigenvalue weighted by Gasteiger charge is -2.13. The van der Waals surface area contributed by atoms with Crippen LogP contribution in [-0.2, 0) is 6.54 Å². The van der Waals surface area contributed by atoms with E-state index in [1.54, 1.807) is 7.11 Å². The number of nitrogens with zero attached hydrogens (tertiary/aromatic N) is 1. The van der Waals surface area contributed by atoms with Gasteiger partial charge < -0.3 is 10.1 Å². The van der Waals surface area contributed by atoms with E-state index in [0.717, 1.165) is 6.54 Å². The molecule has 18 heavy (non-hydrogen) atoms. The number of pyridine rings is 1. The zero-order chi connectivity index (χ0) is 13.2. The third kappa shape index (κ3) is 6.01. The minimum atomic E-state index is 0.573. The number of aromatic nitrogens is 1. The molecule has 0 amide bonds. The highest BCUT2D eigenvalue weighted by molar-refractivity contribution is 5.17. The van der Waals surface area contributed by atoms with Gasteiger partial charge in [-0.1, -0.05) is 38.7 Å². The SMILES string of the molecule is CCCCCCC(C)NCc1ccc(OC)nc1. The Morgan fingerprint density at radius 1 is 1.28 bits per heavy atom. The second kappa shape index (κ2) is 8.92. The molecule has 0 fully saturated rings. The van der Waals surface area contributed by atoms with E-state index in [4.69, 9.17) is 4.74 Å². The van der Waals surface area contributed by atoms with Gasteiger partial charge in [-0.25, -0.2) is 4.98 Å². The number of ether oxygens (including phenoxy) is 1. The Morgan fingerprint density at radius 2 is 2.11 bits per heavy atom. The Labute approximate surface area is 111 Å². The molecular formula is C15H26N2O. The first kappa shape index (κ1) is 15.0. The summed E-state index contributed by atoms with van der Waals surface area (Å²) in [6.07, 6.45) is 8.46. The number of nitrogens with one attached hydrogen (secondary N) is 1. The average molecular weight is 250 g/mol. The number of rotatable bonds is 9. The molecule has 1 atom stereocenters. The summed E-state index contributed by atoms with van der Waals surface area (Å²) in [5, 5.41) is 3.53. The minimum absolute atomic E-state index is 0.573. The van der Waals surface area contributed by atoms with Gasteiger partial charge >= 0.3 is 0 Å². The minimum Gasteiger partial charge on any atom is -0.481 e. The standard InChI is InChI=1S/C15H26N2O/c1-4-5-6-7-8-13(2)16-11-14-9-10-15(18-3)17-12-14/h9-10,12-13,16H,4-8,11H2,1-3H3. The van der Waals surface area contributed by atoms with Gasteiger partial charge in [-0.2, -0.15) is 0 Å². The molecule has 1 N–H and O–H groups in total. The van der Waals surface area contributed by atoms with Crippen LogP contribution in [0.1, 0.15) is 51.5 Å². The lowest BCUT2D eigenvalue weighted by Crippen LogP contribution is -2.25. The van der Waals surface area contributed by atoms with Crippen LogP contribution in [0.25, 0.3) is 0 Å². The van der Waals surface area contributed by atoms with Gasteiger partial charge in [0.15, 0.2) is 0 Å². The van der Waals surface area contributed by atoms with E-state index in [9.17, 15) is 0 Å². The summed E-state index contributed by atoms with van der Waals surface area (Å²) < 4.78 is 5.04. The highest BCUT2D eigenvalue weighted by atomic mass is 16.5. The molecule has 0 spiro atoms. The molecule has 1 aromatic rings. The normalized spacial score (nSPS) is 12.4. The smallest absolute Gasteiger partial charge is 0.212 e. The van der Waals surface area contributed by atoms with Crippen LogP contribution in [0.2, 0.25) is 0 Å². The Kier molecular flexibility index (Phi) is 7.42. The van der Waals surface area contributed by atoms with Crippen LogP contribution in [-0.4, -0.2) is 18.1 Å². The molecule has 0 saturated carbocycles. The first-order valence-corrected chi connectivity index (χ1v) is 6.98. The number of unbranched alkanes of at least 4 members (excludes halogenated alkanes) is 3. The van der Waals surface area contributed by atoms with Crippen molar-refractivity contribution in [3.63, 3.8) is 0 Å². The van der Waals surface area contributed by atoms with Crippen molar-refractivity contribution in [3.8, 4) is 5.88 Å². The van der Waals surface area contributed by atoms with Gasteiger partial charge in [0.1, 0.15) is 0 Å². The van der Waals surface area contributed by atoms with Crippen molar-refractivity contribution < 1.29 is 4.74 Å². The molecule has 3 nitrogen and oxygen atoms in total. The van der Waals surface area contributed by atoms with Crippen molar-refractivity contribution in [2.24, 2.45) is 0 Å². The van der Waals surface area contributed by atoms with Gasteiger partial charge in [-0.05, 0) is 18.9 Å². The lowest BCUT2D eigenvalue weighted by molar-refractivity contribution is 0.397. The first-order valence-electron chi connectivity index (χ1n) is 6.98. The van der Waals surface area contributed by atoms with E-state index in [1.165, 1.54) is 37.7 Å². The first-order chi connectivity index (χ1) is 8.76. The second-order valence-corrected chi connectivity index (χ2v) is 4.84. The summed E-state index contributed by atoms with van der Waals surface area (Å²) in [6.45, 7) is 5.38. The zero-order valence-electron chi connectivity index (χ0n) is 11.9. The molecule has 1 heterocycles. The molecule has 0 aromatic carbocycles. The zero-order valence-corrected chi connectivity index (χ0v) is 11.9. The topological polar surface area (TPSA) is 34.1 Å². The van der Waals surface area contributed by atoms with Crippen LogP contribution in [0, 0.1) is 0 Å². The number of methoxy groups -OCH3 is 1. The third-order valence-electron chi connectivity index (χ3n) is 3.15. The van der Waals surface area contributed by atoms with Crippen molar-refractivity contribution in [1.82, 2.24) is 10.3 Å². The molecule has 1 rings (SSSR count).